The molecule has 2 saturated heterocycles. The first kappa shape index (κ1) is 20.4. The maximum Gasteiger partial charge on any atom is 0.372 e. The smallest absolute Gasteiger partial charge is 0.372 e. The van der Waals surface area contributed by atoms with E-state index in [1.807, 2.05) is 0 Å². The van der Waals surface area contributed by atoms with Gasteiger partial charge in [-0.15, -0.1) is 0 Å². The number of nitrogens with one attached hydrogen (secondary N) is 1. The molecule has 15 heteroatoms. The Balaban J connectivity index is 1.76. The van der Waals surface area contributed by atoms with Crippen molar-refractivity contribution < 1.29 is 38.7 Å². The summed E-state index contributed by atoms with van der Waals surface area (Å²) in [6.07, 6.45) is -0.481. The lowest BCUT2D eigenvalue weighted by Gasteiger charge is -2.30. The van der Waals surface area contributed by atoms with Crippen LogP contribution in [-0.4, -0.2) is 74.0 Å². The number of oxime groups is 1. The Bertz CT molecular complexity index is 887. The van der Waals surface area contributed by atoms with Gasteiger partial charge < -0.3 is 25.7 Å². The molecule has 0 bridgehead atoms. The number of amides is 2. The molecule has 2 fully saturated rings. The second-order valence-corrected chi connectivity index (χ2v) is 6.62. The first-order chi connectivity index (χ1) is 13.8. The standard InChI is InChI=1S/C14H16N6O8S/c1-2-26-18-8(9-17-13(15)29-19-9)10(22)16-6-5-27-20(11(6)23)14(12(24)25)4-3-7(21)28-14/h6H,2-5H2,1H3,(H,16,22)(H,24,25)(H2,15,17,19)/t6-,14?/m0/s1. The van der Waals surface area contributed by atoms with Gasteiger partial charge in [0.15, 0.2) is 5.13 Å². The van der Waals surface area contributed by atoms with Crippen LogP contribution in [-0.2, 0) is 33.6 Å². The van der Waals surface area contributed by atoms with Crippen molar-refractivity contribution in [2.24, 2.45) is 5.16 Å². The predicted octanol–water partition coefficient (Wildman–Crippen LogP) is -1.76. The Morgan fingerprint density at radius 1 is 1.52 bits per heavy atom. The van der Waals surface area contributed by atoms with Crippen LogP contribution in [0.2, 0.25) is 0 Å². The van der Waals surface area contributed by atoms with E-state index in [-0.39, 0.29) is 42.7 Å². The lowest BCUT2D eigenvalue weighted by Crippen LogP contribution is -2.57. The molecule has 1 aromatic rings. The Labute approximate surface area is 166 Å². The van der Waals surface area contributed by atoms with E-state index in [9.17, 15) is 24.3 Å². The van der Waals surface area contributed by atoms with Crippen LogP contribution in [0.15, 0.2) is 5.16 Å². The summed E-state index contributed by atoms with van der Waals surface area (Å²) in [7, 11) is 0. The van der Waals surface area contributed by atoms with Crippen LogP contribution in [0.4, 0.5) is 5.13 Å². The zero-order valence-electron chi connectivity index (χ0n) is 15.0. The van der Waals surface area contributed by atoms with Gasteiger partial charge in [-0.05, 0) is 6.92 Å². The van der Waals surface area contributed by atoms with Crippen molar-refractivity contribution in [2.75, 3.05) is 18.9 Å². The van der Waals surface area contributed by atoms with Crippen LogP contribution >= 0.6 is 11.5 Å². The molecular weight excluding hydrogens is 412 g/mol. The Morgan fingerprint density at radius 2 is 2.28 bits per heavy atom. The van der Waals surface area contributed by atoms with Gasteiger partial charge in [-0.25, -0.2) is 4.79 Å². The summed E-state index contributed by atoms with van der Waals surface area (Å²) in [5.41, 5.74) is 2.91. The lowest BCUT2D eigenvalue weighted by molar-refractivity contribution is -0.256. The van der Waals surface area contributed by atoms with Gasteiger partial charge >= 0.3 is 17.7 Å². The molecule has 1 aromatic heterocycles. The van der Waals surface area contributed by atoms with Crippen LogP contribution in [0.5, 0.6) is 0 Å². The average molecular weight is 428 g/mol. The second-order valence-electron chi connectivity index (χ2n) is 5.83. The number of aliphatic carboxylic acids is 1. The number of hydroxylamine groups is 2. The van der Waals surface area contributed by atoms with Crippen LogP contribution in [0.3, 0.4) is 0 Å². The first-order valence-corrected chi connectivity index (χ1v) is 9.08. The molecule has 3 rings (SSSR count). The number of carboxylic acids is 1. The summed E-state index contributed by atoms with van der Waals surface area (Å²) in [5, 5.41) is 16.0. The second kappa shape index (κ2) is 7.96. The molecule has 1 unspecified atom stereocenters. The molecular formula is C14H16N6O8S. The summed E-state index contributed by atoms with van der Waals surface area (Å²) in [6.45, 7) is 1.41. The number of carbonyl (C=O) groups excluding carboxylic acids is 3. The largest absolute Gasteiger partial charge is 0.477 e. The Kier molecular flexibility index (Phi) is 5.60. The maximum atomic E-state index is 12.6. The number of esters is 1. The number of nitrogen functional groups attached to an aromatic ring is 1. The molecule has 0 saturated carbocycles. The highest BCUT2D eigenvalue weighted by Gasteiger charge is 2.59. The summed E-state index contributed by atoms with van der Waals surface area (Å²) in [5.74, 6) is -4.22. The van der Waals surface area contributed by atoms with Crippen molar-refractivity contribution in [1.82, 2.24) is 19.7 Å². The molecule has 2 aliphatic rings. The monoisotopic (exact) mass is 428 g/mol. The van der Waals surface area contributed by atoms with Gasteiger partial charge in [0.05, 0.1) is 6.42 Å². The van der Waals surface area contributed by atoms with Crippen molar-refractivity contribution in [2.45, 2.75) is 31.5 Å². The molecule has 2 amide bonds. The van der Waals surface area contributed by atoms with Crippen LogP contribution in [0.25, 0.3) is 0 Å². The van der Waals surface area contributed by atoms with Gasteiger partial charge in [0.2, 0.25) is 11.5 Å². The van der Waals surface area contributed by atoms with Crippen molar-refractivity contribution >= 4 is 46.1 Å². The number of hydrogen-bond donors (Lipinski definition) is 3. The molecule has 3 heterocycles. The molecule has 156 valence electrons. The van der Waals surface area contributed by atoms with E-state index in [0.29, 0.717) is 5.06 Å². The number of anilines is 1. The molecule has 14 nitrogen and oxygen atoms in total. The highest BCUT2D eigenvalue weighted by molar-refractivity contribution is 7.09. The van der Waals surface area contributed by atoms with E-state index >= 15 is 0 Å². The van der Waals surface area contributed by atoms with Crippen LogP contribution in [0, 0.1) is 0 Å². The van der Waals surface area contributed by atoms with E-state index < -0.39 is 35.5 Å². The average Bonchev–Trinajstić information content (AvgIpc) is 3.36. The molecule has 0 radical (unpaired) electrons. The number of nitrogens with two attached hydrogens (primary N) is 1. The minimum atomic E-state index is -2.28. The van der Waals surface area contributed by atoms with Crippen LogP contribution in [0.1, 0.15) is 25.6 Å². The molecule has 0 aliphatic carbocycles. The summed E-state index contributed by atoms with van der Waals surface area (Å²) in [6, 6.07) is -1.26. The van der Waals surface area contributed by atoms with E-state index in [1.54, 1.807) is 6.92 Å². The predicted molar refractivity (Wildman–Crippen MR) is 92.9 cm³/mol. The first-order valence-electron chi connectivity index (χ1n) is 8.31. The number of cyclic esters (lactones) is 1. The number of aromatic nitrogens is 2. The Morgan fingerprint density at radius 3 is 2.83 bits per heavy atom. The topological polar surface area (TPSA) is 196 Å². The highest BCUT2D eigenvalue weighted by Crippen LogP contribution is 2.34. The fraction of sp³-hybridized carbons (Fsp3) is 0.500. The van der Waals surface area contributed by atoms with Crippen molar-refractivity contribution in [3.8, 4) is 0 Å². The van der Waals surface area contributed by atoms with Gasteiger partial charge in [-0.3, -0.25) is 19.2 Å². The number of carbonyl (C=O) groups is 4. The van der Waals surface area contributed by atoms with Gasteiger partial charge in [-0.2, -0.15) is 14.4 Å². The van der Waals surface area contributed by atoms with Gasteiger partial charge in [-0.1, -0.05) is 5.16 Å². The fourth-order valence-electron chi connectivity index (χ4n) is 2.62. The minimum absolute atomic E-state index is 0.0925. The molecule has 4 N–H and O–H groups in total. The normalized spacial score (nSPS) is 24.5. The lowest BCUT2D eigenvalue weighted by atomic mass is 10.1. The van der Waals surface area contributed by atoms with Crippen molar-refractivity contribution in [3.05, 3.63) is 5.82 Å². The Hall–Kier alpha value is -3.33. The van der Waals surface area contributed by atoms with Crippen molar-refractivity contribution in [1.29, 1.82) is 0 Å². The number of rotatable bonds is 7. The number of hydrogen-bond acceptors (Lipinski definition) is 12. The van der Waals surface area contributed by atoms with E-state index in [1.165, 1.54) is 0 Å². The number of ether oxygens (including phenoxy) is 1. The molecule has 0 aromatic carbocycles. The van der Waals surface area contributed by atoms with Crippen molar-refractivity contribution in [3.63, 3.8) is 0 Å². The van der Waals surface area contributed by atoms with E-state index in [4.69, 9.17) is 20.1 Å². The summed E-state index contributed by atoms with van der Waals surface area (Å²) in [4.78, 5) is 62.2. The zero-order chi connectivity index (χ0) is 21.2. The summed E-state index contributed by atoms with van der Waals surface area (Å²) < 4.78 is 8.72. The fourth-order valence-corrected chi connectivity index (χ4v) is 3.06. The SMILES string of the molecule is CCON=C(C(=O)N[C@H]1CON(C2(C(=O)O)CCC(=O)O2)C1=O)c1nsc(N)n1. The minimum Gasteiger partial charge on any atom is -0.477 e. The molecule has 0 spiro atoms. The quantitative estimate of drug-likeness (QED) is 0.253. The third kappa shape index (κ3) is 3.81. The third-order valence-corrected chi connectivity index (χ3v) is 4.48. The number of nitrogens with zero attached hydrogens (tertiary/aromatic N) is 4. The van der Waals surface area contributed by atoms with Gasteiger partial charge in [0.25, 0.3) is 11.8 Å². The van der Waals surface area contributed by atoms with Gasteiger partial charge in [0.1, 0.15) is 19.3 Å². The van der Waals surface area contributed by atoms with E-state index in [2.05, 4.69) is 19.8 Å². The molecule has 29 heavy (non-hydrogen) atoms. The number of carboxylic acid groups (broad SMARTS) is 1. The maximum absolute atomic E-state index is 12.6. The summed E-state index contributed by atoms with van der Waals surface area (Å²) >= 11 is 0.834. The third-order valence-electron chi connectivity index (χ3n) is 3.94. The van der Waals surface area contributed by atoms with Gasteiger partial charge in [0, 0.05) is 18.0 Å². The molecule has 2 aliphatic heterocycles. The molecule has 2 atom stereocenters. The highest BCUT2D eigenvalue weighted by atomic mass is 32.1. The van der Waals surface area contributed by atoms with Crippen LogP contribution < -0.4 is 11.1 Å². The zero-order valence-corrected chi connectivity index (χ0v) is 15.8. The van der Waals surface area contributed by atoms with E-state index in [0.717, 1.165) is 11.5 Å².